The first kappa shape index (κ1) is 20.8. The maximum Gasteiger partial charge on any atom is 0.252 e. The molecule has 0 radical (unpaired) electrons. The number of nitrogens with two attached hydrogens (primary N) is 1. The van der Waals surface area contributed by atoms with Gasteiger partial charge in [-0.2, -0.15) is 0 Å². The largest absolute Gasteiger partial charge is 0.496 e. The van der Waals surface area contributed by atoms with Crippen LogP contribution in [0.3, 0.4) is 0 Å². The van der Waals surface area contributed by atoms with E-state index in [9.17, 15) is 9.59 Å². The predicted octanol–water partition coefficient (Wildman–Crippen LogP) is 3.97. The summed E-state index contributed by atoms with van der Waals surface area (Å²) in [5.74, 6) is 0.453. The van der Waals surface area contributed by atoms with Gasteiger partial charge in [-0.3, -0.25) is 14.6 Å². The van der Waals surface area contributed by atoms with E-state index in [0.717, 1.165) is 34.6 Å². The van der Waals surface area contributed by atoms with Gasteiger partial charge in [0.05, 0.1) is 18.2 Å². The van der Waals surface area contributed by atoms with E-state index < -0.39 is 5.91 Å². The molecule has 1 aliphatic carbocycles. The van der Waals surface area contributed by atoms with Gasteiger partial charge >= 0.3 is 0 Å². The first-order valence-corrected chi connectivity index (χ1v) is 10.8. The number of carbonyl (C=O) groups excluding carboxylic acids is 2. The Morgan fingerprint density at radius 2 is 1.91 bits per heavy atom. The third kappa shape index (κ3) is 4.17. The van der Waals surface area contributed by atoms with E-state index >= 15 is 0 Å². The molecule has 0 unspecified atom stereocenters. The lowest BCUT2D eigenvalue weighted by Crippen LogP contribution is -2.25. The van der Waals surface area contributed by atoms with Crippen LogP contribution >= 0.6 is 0 Å². The molecule has 3 aromatic carbocycles. The standard InChI is InChI=1S/C26H23N3O4/c1-32-24-13-23-21(12-22(24)25(27)30)16(9-10-28-23)14-33-18-7-8-19-15(11-18)3-2-4-20(19)26(31)29-17-5-6-17/h2-4,7-13,17H,5-6,14H2,1H3,(H2,27,30)(H,29,31). The molecule has 1 heterocycles. The third-order valence-corrected chi connectivity index (χ3v) is 5.82. The van der Waals surface area contributed by atoms with E-state index in [4.69, 9.17) is 15.2 Å². The molecule has 1 aliphatic rings. The molecule has 166 valence electrons. The predicted molar refractivity (Wildman–Crippen MR) is 126 cm³/mol. The average Bonchev–Trinajstić information content (AvgIpc) is 3.65. The molecule has 1 fully saturated rings. The van der Waals surface area contributed by atoms with E-state index in [1.807, 2.05) is 42.5 Å². The van der Waals surface area contributed by atoms with Crippen molar-refractivity contribution in [1.82, 2.24) is 10.3 Å². The number of nitrogens with zero attached hydrogens (tertiary/aromatic N) is 1. The quantitative estimate of drug-likeness (QED) is 0.452. The van der Waals surface area contributed by atoms with Gasteiger partial charge in [-0.15, -0.1) is 0 Å². The van der Waals surface area contributed by atoms with Crippen LogP contribution in [0.5, 0.6) is 11.5 Å². The zero-order valence-corrected chi connectivity index (χ0v) is 18.1. The fourth-order valence-electron chi connectivity index (χ4n) is 3.92. The van der Waals surface area contributed by atoms with E-state index in [1.54, 1.807) is 18.3 Å². The second-order valence-electron chi connectivity index (χ2n) is 8.13. The van der Waals surface area contributed by atoms with Crippen molar-refractivity contribution in [1.29, 1.82) is 0 Å². The number of methoxy groups -OCH3 is 1. The van der Waals surface area contributed by atoms with Crippen LogP contribution in [0.4, 0.5) is 0 Å². The molecule has 4 aromatic rings. The number of primary amides is 1. The van der Waals surface area contributed by atoms with Crippen LogP contribution < -0.4 is 20.5 Å². The summed E-state index contributed by atoms with van der Waals surface area (Å²) in [5, 5.41) is 5.63. The molecule has 0 bridgehead atoms. The lowest BCUT2D eigenvalue weighted by atomic mass is 10.0. The Morgan fingerprint density at radius 3 is 2.67 bits per heavy atom. The summed E-state index contributed by atoms with van der Waals surface area (Å²) in [6, 6.07) is 16.9. The fourth-order valence-corrected chi connectivity index (χ4v) is 3.92. The van der Waals surface area contributed by atoms with E-state index in [1.165, 1.54) is 7.11 Å². The highest BCUT2D eigenvalue weighted by atomic mass is 16.5. The van der Waals surface area contributed by atoms with Crippen molar-refractivity contribution < 1.29 is 19.1 Å². The highest BCUT2D eigenvalue weighted by molar-refractivity contribution is 6.07. The molecule has 2 amide bonds. The van der Waals surface area contributed by atoms with Crippen LogP contribution in [0.1, 0.15) is 39.1 Å². The van der Waals surface area contributed by atoms with Gasteiger partial charge < -0.3 is 20.5 Å². The van der Waals surface area contributed by atoms with Crippen LogP contribution in [-0.2, 0) is 6.61 Å². The van der Waals surface area contributed by atoms with Crippen LogP contribution in [0.25, 0.3) is 21.7 Å². The van der Waals surface area contributed by atoms with Crippen molar-refractivity contribution >= 4 is 33.5 Å². The summed E-state index contributed by atoms with van der Waals surface area (Å²) in [6.07, 6.45) is 3.79. The number of nitrogens with one attached hydrogen (secondary N) is 1. The van der Waals surface area contributed by atoms with Crippen LogP contribution in [0.15, 0.2) is 60.8 Å². The minimum atomic E-state index is -0.569. The molecule has 0 saturated heterocycles. The maximum atomic E-state index is 12.6. The Balaban J connectivity index is 1.42. The number of ether oxygens (including phenoxy) is 2. The van der Waals surface area contributed by atoms with Crippen molar-refractivity contribution in [2.45, 2.75) is 25.5 Å². The van der Waals surface area contributed by atoms with Crippen molar-refractivity contribution in [3.63, 3.8) is 0 Å². The summed E-state index contributed by atoms with van der Waals surface area (Å²) < 4.78 is 11.3. The number of benzene rings is 3. The molecule has 0 atom stereocenters. The molecule has 1 saturated carbocycles. The molecule has 3 N–H and O–H groups in total. The second kappa shape index (κ2) is 8.43. The lowest BCUT2D eigenvalue weighted by molar-refractivity contribution is 0.0951. The molecule has 7 nitrogen and oxygen atoms in total. The van der Waals surface area contributed by atoms with Gasteiger partial charge in [0, 0.05) is 34.8 Å². The molecular weight excluding hydrogens is 418 g/mol. The number of amides is 2. The highest BCUT2D eigenvalue weighted by Crippen LogP contribution is 2.29. The van der Waals surface area contributed by atoms with Gasteiger partial charge in [0.2, 0.25) is 0 Å². The third-order valence-electron chi connectivity index (χ3n) is 5.82. The van der Waals surface area contributed by atoms with Gasteiger partial charge in [0.1, 0.15) is 18.1 Å². The zero-order chi connectivity index (χ0) is 22.9. The minimum Gasteiger partial charge on any atom is -0.496 e. The van der Waals surface area contributed by atoms with Gasteiger partial charge in [-0.1, -0.05) is 12.1 Å². The van der Waals surface area contributed by atoms with E-state index in [0.29, 0.717) is 34.2 Å². The average molecular weight is 441 g/mol. The number of aromatic nitrogens is 1. The van der Waals surface area contributed by atoms with Crippen molar-refractivity contribution in [3.05, 3.63) is 77.5 Å². The Hall–Kier alpha value is -4.13. The van der Waals surface area contributed by atoms with Crippen LogP contribution in [0, 0.1) is 0 Å². The zero-order valence-electron chi connectivity index (χ0n) is 18.1. The Morgan fingerprint density at radius 1 is 1.06 bits per heavy atom. The van der Waals surface area contributed by atoms with Gasteiger partial charge in [0.25, 0.3) is 11.8 Å². The van der Waals surface area contributed by atoms with Crippen LogP contribution in [-0.4, -0.2) is 29.9 Å². The van der Waals surface area contributed by atoms with E-state index in [-0.39, 0.29) is 12.5 Å². The minimum absolute atomic E-state index is 0.0410. The number of pyridine rings is 1. The number of fused-ring (bicyclic) bond motifs is 2. The SMILES string of the molecule is COc1cc2nccc(COc3ccc4c(C(=O)NC5CC5)cccc4c3)c2cc1C(N)=O. The first-order valence-electron chi connectivity index (χ1n) is 10.8. The summed E-state index contributed by atoms with van der Waals surface area (Å²) in [5.41, 5.74) is 8.02. The Bertz CT molecular complexity index is 1400. The number of carbonyl (C=O) groups is 2. The van der Waals surface area contributed by atoms with Crippen LogP contribution in [0.2, 0.25) is 0 Å². The van der Waals surface area contributed by atoms with E-state index in [2.05, 4.69) is 10.3 Å². The summed E-state index contributed by atoms with van der Waals surface area (Å²) in [7, 11) is 1.49. The fraction of sp³-hybridized carbons (Fsp3) is 0.192. The smallest absolute Gasteiger partial charge is 0.252 e. The number of hydrogen-bond donors (Lipinski definition) is 2. The molecule has 0 spiro atoms. The first-order chi connectivity index (χ1) is 16.0. The molecule has 7 heteroatoms. The van der Waals surface area contributed by atoms with Crippen molar-refractivity contribution in [2.24, 2.45) is 5.73 Å². The normalized spacial score (nSPS) is 13.1. The summed E-state index contributed by atoms with van der Waals surface area (Å²) in [6.45, 7) is 0.275. The summed E-state index contributed by atoms with van der Waals surface area (Å²) in [4.78, 5) is 28.8. The number of rotatable bonds is 7. The van der Waals surface area contributed by atoms with Gasteiger partial charge in [-0.05, 0) is 60.0 Å². The van der Waals surface area contributed by atoms with Gasteiger partial charge in [-0.25, -0.2) is 0 Å². The molecule has 33 heavy (non-hydrogen) atoms. The van der Waals surface area contributed by atoms with Gasteiger partial charge in [0.15, 0.2) is 0 Å². The molecule has 0 aliphatic heterocycles. The molecular formula is C26H23N3O4. The second-order valence-corrected chi connectivity index (χ2v) is 8.13. The molecule has 5 rings (SSSR count). The Labute approximate surface area is 190 Å². The molecule has 1 aromatic heterocycles. The monoisotopic (exact) mass is 441 g/mol. The highest BCUT2D eigenvalue weighted by Gasteiger charge is 2.24. The lowest BCUT2D eigenvalue weighted by Gasteiger charge is -2.13. The van der Waals surface area contributed by atoms with Crippen molar-refractivity contribution in [2.75, 3.05) is 7.11 Å². The van der Waals surface area contributed by atoms with Crippen molar-refractivity contribution in [3.8, 4) is 11.5 Å². The number of hydrogen-bond acceptors (Lipinski definition) is 5. The topological polar surface area (TPSA) is 104 Å². The maximum absolute atomic E-state index is 12.6. The summed E-state index contributed by atoms with van der Waals surface area (Å²) >= 11 is 0. The Kier molecular flexibility index (Phi) is 5.30.